The van der Waals surface area contributed by atoms with Gasteiger partial charge in [0, 0.05) is 43.3 Å². The molecule has 1 aliphatic heterocycles. The van der Waals surface area contributed by atoms with Crippen LogP contribution in [0.5, 0.6) is 0 Å². The summed E-state index contributed by atoms with van der Waals surface area (Å²) in [6.45, 7) is 1.64. The number of piperazine rings is 1. The van der Waals surface area contributed by atoms with Gasteiger partial charge in [-0.25, -0.2) is 8.42 Å². The number of benzene rings is 4. The second-order valence-corrected chi connectivity index (χ2v) is 11.2. The van der Waals surface area contributed by atoms with E-state index in [2.05, 4.69) is 0 Å². The molecule has 4 aromatic rings. The van der Waals surface area contributed by atoms with Crippen molar-refractivity contribution in [1.82, 2.24) is 9.21 Å². The van der Waals surface area contributed by atoms with Crippen LogP contribution in [0.1, 0.15) is 15.9 Å². The van der Waals surface area contributed by atoms with Crippen LogP contribution in [0.3, 0.4) is 0 Å². The predicted octanol–water partition coefficient (Wildman–Crippen LogP) is 4.77. The molecule has 1 fully saturated rings. The molecule has 0 radical (unpaired) electrons. The average Bonchev–Trinajstić information content (AvgIpc) is 2.92. The summed E-state index contributed by atoms with van der Waals surface area (Å²) in [5.74, 6) is -0.100. The number of hydrogen-bond donors (Lipinski definition) is 1. The molecule has 6 nitrogen and oxygen atoms in total. The molecule has 0 spiro atoms. The Bertz CT molecular complexity index is 1530. The van der Waals surface area contributed by atoms with E-state index in [-0.39, 0.29) is 23.9 Å². The zero-order valence-corrected chi connectivity index (χ0v) is 21.2. The Kier molecular flexibility index (Phi) is 6.81. The largest absolute Gasteiger partial charge is 0.336 e. The minimum atomic E-state index is -3.67. The van der Waals surface area contributed by atoms with E-state index in [1.807, 2.05) is 54.6 Å². The van der Waals surface area contributed by atoms with Crippen molar-refractivity contribution >= 4 is 38.3 Å². The number of carbonyl (C=O) groups excluding carboxylic acids is 1. The maximum atomic E-state index is 13.3. The molecular formula is C28H26ClN3O3S. The average molecular weight is 520 g/mol. The monoisotopic (exact) mass is 519 g/mol. The molecule has 5 rings (SSSR count). The first kappa shape index (κ1) is 24.5. The van der Waals surface area contributed by atoms with Gasteiger partial charge in [0.05, 0.1) is 4.90 Å². The number of nitrogens with zero attached hydrogens (tertiary/aromatic N) is 2. The number of nitrogens with two attached hydrogens (primary N) is 1. The van der Waals surface area contributed by atoms with Crippen LogP contribution in [0.4, 0.5) is 0 Å². The lowest BCUT2D eigenvalue weighted by Gasteiger charge is -2.34. The van der Waals surface area contributed by atoms with Crippen LogP contribution in [0, 0.1) is 0 Å². The zero-order chi connectivity index (χ0) is 25.3. The van der Waals surface area contributed by atoms with E-state index in [0.717, 1.165) is 27.5 Å². The molecule has 1 aliphatic rings. The number of amides is 1. The molecular weight excluding hydrogens is 494 g/mol. The fourth-order valence-electron chi connectivity index (χ4n) is 4.50. The van der Waals surface area contributed by atoms with Crippen LogP contribution >= 0.6 is 11.6 Å². The summed E-state index contributed by atoms with van der Waals surface area (Å²) in [5, 5.41) is 2.30. The third-order valence-electron chi connectivity index (χ3n) is 6.57. The summed E-state index contributed by atoms with van der Waals surface area (Å²) in [6, 6.07) is 25.9. The quantitative estimate of drug-likeness (QED) is 0.412. The maximum Gasteiger partial charge on any atom is 0.253 e. The number of fused-ring (bicyclic) bond motifs is 1. The van der Waals surface area contributed by atoms with Crippen molar-refractivity contribution in [2.24, 2.45) is 5.73 Å². The SMILES string of the molecule is NCc1cccc(-c2ccc(C(=O)N3CCN(S(=O)(=O)c4ccc5cc(Cl)ccc5c4)CC3)cc2)c1. The van der Waals surface area contributed by atoms with Crippen LogP contribution in [0.25, 0.3) is 21.9 Å². The lowest BCUT2D eigenvalue weighted by molar-refractivity contribution is 0.0698. The summed E-state index contributed by atoms with van der Waals surface area (Å²) < 4.78 is 27.9. The van der Waals surface area contributed by atoms with E-state index in [4.69, 9.17) is 17.3 Å². The van der Waals surface area contributed by atoms with Gasteiger partial charge in [-0.2, -0.15) is 4.31 Å². The summed E-state index contributed by atoms with van der Waals surface area (Å²) in [5.41, 5.74) is 9.43. The molecule has 0 aliphatic carbocycles. The fourth-order valence-corrected chi connectivity index (χ4v) is 6.14. The summed E-state index contributed by atoms with van der Waals surface area (Å²) in [7, 11) is -3.67. The van der Waals surface area contributed by atoms with Crippen LogP contribution in [0.2, 0.25) is 5.02 Å². The molecule has 0 aromatic heterocycles. The van der Waals surface area contributed by atoms with Gasteiger partial charge < -0.3 is 10.6 Å². The smallest absolute Gasteiger partial charge is 0.253 e. The van der Waals surface area contributed by atoms with Gasteiger partial charge in [0.25, 0.3) is 5.91 Å². The molecule has 4 aromatic carbocycles. The van der Waals surface area contributed by atoms with Gasteiger partial charge in [-0.15, -0.1) is 0 Å². The first-order chi connectivity index (χ1) is 17.3. The van der Waals surface area contributed by atoms with Gasteiger partial charge in [0.15, 0.2) is 0 Å². The number of carbonyl (C=O) groups is 1. The second-order valence-electron chi connectivity index (χ2n) is 8.83. The van der Waals surface area contributed by atoms with Crippen LogP contribution < -0.4 is 5.73 Å². The van der Waals surface area contributed by atoms with Crippen molar-refractivity contribution in [2.75, 3.05) is 26.2 Å². The van der Waals surface area contributed by atoms with E-state index in [1.165, 1.54) is 4.31 Å². The maximum absolute atomic E-state index is 13.3. The van der Waals surface area contributed by atoms with Crippen molar-refractivity contribution in [3.05, 3.63) is 101 Å². The Morgan fingerprint density at radius 2 is 1.50 bits per heavy atom. The minimum absolute atomic E-state index is 0.100. The highest BCUT2D eigenvalue weighted by Gasteiger charge is 2.30. The summed E-state index contributed by atoms with van der Waals surface area (Å²) >= 11 is 6.04. The highest BCUT2D eigenvalue weighted by Crippen LogP contribution is 2.26. The number of hydrogen-bond acceptors (Lipinski definition) is 4. The molecule has 0 saturated carbocycles. The number of sulfonamides is 1. The normalized spacial score (nSPS) is 14.8. The van der Waals surface area contributed by atoms with Gasteiger partial charge >= 0.3 is 0 Å². The number of halogens is 1. The molecule has 0 bridgehead atoms. The summed E-state index contributed by atoms with van der Waals surface area (Å²) in [4.78, 5) is 15.0. The molecule has 8 heteroatoms. The highest BCUT2D eigenvalue weighted by atomic mass is 35.5. The van der Waals surface area contributed by atoms with Crippen molar-refractivity contribution in [3.63, 3.8) is 0 Å². The van der Waals surface area contributed by atoms with Crippen molar-refractivity contribution < 1.29 is 13.2 Å². The topological polar surface area (TPSA) is 83.7 Å². The first-order valence-electron chi connectivity index (χ1n) is 11.7. The Morgan fingerprint density at radius 3 is 2.22 bits per heavy atom. The zero-order valence-electron chi connectivity index (χ0n) is 19.6. The third-order valence-corrected chi connectivity index (χ3v) is 8.69. The Balaban J connectivity index is 1.26. The molecule has 1 heterocycles. The van der Waals surface area contributed by atoms with Gasteiger partial charge in [-0.1, -0.05) is 54.1 Å². The molecule has 1 amide bonds. The first-order valence-corrected chi connectivity index (χ1v) is 13.6. The van der Waals surface area contributed by atoms with Crippen LogP contribution in [0.15, 0.2) is 89.8 Å². The molecule has 0 unspecified atom stereocenters. The van der Waals surface area contributed by atoms with E-state index >= 15 is 0 Å². The van der Waals surface area contributed by atoms with Gasteiger partial charge in [0.1, 0.15) is 0 Å². The molecule has 1 saturated heterocycles. The summed E-state index contributed by atoms with van der Waals surface area (Å²) in [6.07, 6.45) is 0. The Morgan fingerprint density at radius 1 is 0.806 bits per heavy atom. The van der Waals surface area contributed by atoms with Crippen molar-refractivity contribution in [1.29, 1.82) is 0 Å². The second kappa shape index (κ2) is 10.0. The third kappa shape index (κ3) is 4.88. The van der Waals surface area contributed by atoms with E-state index < -0.39 is 10.0 Å². The molecule has 184 valence electrons. The van der Waals surface area contributed by atoms with E-state index in [1.54, 1.807) is 35.2 Å². The Labute approximate surface area is 215 Å². The minimum Gasteiger partial charge on any atom is -0.336 e. The molecule has 0 atom stereocenters. The van der Waals surface area contributed by atoms with Crippen LogP contribution in [-0.2, 0) is 16.6 Å². The van der Waals surface area contributed by atoms with Crippen molar-refractivity contribution in [2.45, 2.75) is 11.4 Å². The standard InChI is InChI=1S/C28H26ClN3O3S/c29-26-10-8-25-18-27(11-9-24(25)17-26)36(34,35)32-14-12-31(13-15-32)28(33)22-6-4-21(5-7-22)23-3-1-2-20(16-23)19-30/h1-11,16-18H,12-15,19,30H2. The lowest BCUT2D eigenvalue weighted by atomic mass is 10.0. The van der Waals surface area contributed by atoms with Crippen LogP contribution in [-0.4, -0.2) is 49.7 Å². The van der Waals surface area contributed by atoms with Gasteiger partial charge in [-0.05, 0) is 69.9 Å². The molecule has 36 heavy (non-hydrogen) atoms. The molecule has 2 N–H and O–H groups in total. The van der Waals surface area contributed by atoms with Gasteiger partial charge in [0.2, 0.25) is 10.0 Å². The number of rotatable bonds is 5. The Hall–Kier alpha value is -3.23. The van der Waals surface area contributed by atoms with Crippen molar-refractivity contribution in [3.8, 4) is 11.1 Å². The van der Waals surface area contributed by atoms with E-state index in [0.29, 0.717) is 30.2 Å². The van der Waals surface area contributed by atoms with Gasteiger partial charge in [-0.3, -0.25) is 4.79 Å². The lowest BCUT2D eigenvalue weighted by Crippen LogP contribution is -2.50. The fraction of sp³-hybridized carbons (Fsp3) is 0.179. The predicted molar refractivity (Wildman–Crippen MR) is 143 cm³/mol. The van der Waals surface area contributed by atoms with E-state index in [9.17, 15) is 13.2 Å². The highest BCUT2D eigenvalue weighted by molar-refractivity contribution is 7.89.